The minimum atomic E-state index is -0.341. The molecule has 0 aromatic carbocycles. The van der Waals surface area contributed by atoms with Gasteiger partial charge in [0.05, 0.1) is 17.9 Å². The molecule has 0 spiro atoms. The molecule has 5 nitrogen and oxygen atoms in total. The lowest BCUT2D eigenvalue weighted by Gasteiger charge is -2.13. The maximum Gasteiger partial charge on any atom is 0.341 e. The quantitative estimate of drug-likeness (QED) is 0.774. The van der Waals surface area contributed by atoms with E-state index in [1.165, 1.54) is 0 Å². The Balaban J connectivity index is 2.20. The molecule has 0 radical (unpaired) electrons. The number of ether oxygens (including phenoxy) is 2. The van der Waals surface area contributed by atoms with Gasteiger partial charge >= 0.3 is 5.97 Å². The van der Waals surface area contributed by atoms with Gasteiger partial charge < -0.3 is 9.47 Å². The van der Waals surface area contributed by atoms with Crippen molar-refractivity contribution in [2.45, 2.75) is 39.5 Å². The molecule has 110 valence electrons. The number of hydrogen-bond acceptors (Lipinski definition) is 5. The smallest absolute Gasteiger partial charge is 0.341 e. The predicted octanol–water partition coefficient (Wildman–Crippen LogP) is 2.36. The highest BCUT2D eigenvalue weighted by Gasteiger charge is 2.21. The van der Waals surface area contributed by atoms with E-state index in [0.717, 1.165) is 37.6 Å². The van der Waals surface area contributed by atoms with Crippen LogP contribution in [0.4, 0.5) is 0 Å². The molecule has 1 saturated heterocycles. The van der Waals surface area contributed by atoms with E-state index in [1.807, 2.05) is 13.8 Å². The van der Waals surface area contributed by atoms with Gasteiger partial charge in [-0.1, -0.05) is 13.8 Å². The summed E-state index contributed by atoms with van der Waals surface area (Å²) in [6.45, 7) is 7.80. The fraction of sp³-hybridized carbons (Fsp3) is 0.667. The minimum Gasteiger partial charge on any atom is -0.462 e. The minimum absolute atomic E-state index is 0.163. The van der Waals surface area contributed by atoms with E-state index >= 15 is 0 Å². The number of rotatable bonds is 5. The molecule has 0 saturated carbocycles. The zero-order valence-corrected chi connectivity index (χ0v) is 12.4. The van der Waals surface area contributed by atoms with E-state index in [1.54, 1.807) is 13.1 Å². The summed E-state index contributed by atoms with van der Waals surface area (Å²) in [4.78, 5) is 20.8. The first-order valence-electron chi connectivity index (χ1n) is 7.22. The lowest BCUT2D eigenvalue weighted by atomic mass is 10.0. The van der Waals surface area contributed by atoms with Gasteiger partial charge in [0.2, 0.25) is 0 Å². The Morgan fingerprint density at radius 2 is 2.35 bits per heavy atom. The van der Waals surface area contributed by atoms with E-state index in [4.69, 9.17) is 9.47 Å². The van der Waals surface area contributed by atoms with Crippen molar-refractivity contribution < 1.29 is 14.3 Å². The normalized spacial score (nSPS) is 18.5. The molecule has 1 aliphatic heterocycles. The lowest BCUT2D eigenvalue weighted by molar-refractivity contribution is 0.0523. The van der Waals surface area contributed by atoms with Crippen LogP contribution in [0.5, 0.6) is 0 Å². The molecule has 1 atom stereocenters. The first-order valence-corrected chi connectivity index (χ1v) is 7.22. The van der Waals surface area contributed by atoms with Crippen molar-refractivity contribution in [1.29, 1.82) is 0 Å². The summed E-state index contributed by atoms with van der Waals surface area (Å²) >= 11 is 0. The Bertz CT molecular complexity index is 468. The van der Waals surface area contributed by atoms with Crippen LogP contribution in [0.1, 0.15) is 55.0 Å². The zero-order valence-electron chi connectivity index (χ0n) is 12.4. The van der Waals surface area contributed by atoms with E-state index in [9.17, 15) is 4.79 Å². The third kappa shape index (κ3) is 3.54. The summed E-state index contributed by atoms with van der Waals surface area (Å²) in [6.07, 6.45) is 3.47. The van der Waals surface area contributed by atoms with E-state index in [-0.39, 0.29) is 11.9 Å². The molecule has 5 heteroatoms. The van der Waals surface area contributed by atoms with Gasteiger partial charge in [0.25, 0.3) is 0 Å². The molecule has 1 aliphatic rings. The molecule has 2 heterocycles. The molecule has 1 aromatic heterocycles. The van der Waals surface area contributed by atoms with E-state index < -0.39 is 0 Å². The lowest BCUT2D eigenvalue weighted by Crippen LogP contribution is -2.15. The Morgan fingerprint density at radius 3 is 2.95 bits per heavy atom. The number of esters is 1. The number of carbonyl (C=O) groups excluding carboxylic acids is 1. The van der Waals surface area contributed by atoms with Crippen LogP contribution < -0.4 is 0 Å². The van der Waals surface area contributed by atoms with Gasteiger partial charge in [-0.15, -0.1) is 0 Å². The van der Waals surface area contributed by atoms with Crippen molar-refractivity contribution in [2.24, 2.45) is 5.92 Å². The fourth-order valence-electron chi connectivity index (χ4n) is 2.34. The molecule has 0 bridgehead atoms. The Kier molecular flexibility index (Phi) is 5.06. The van der Waals surface area contributed by atoms with Crippen LogP contribution in [0.15, 0.2) is 6.20 Å². The average molecular weight is 278 g/mol. The zero-order chi connectivity index (χ0) is 14.5. The SMILES string of the molecule is CCOC(=O)c1cnc(CC2CCOC2)nc1C(C)C. The monoisotopic (exact) mass is 278 g/mol. The average Bonchev–Trinajstić information content (AvgIpc) is 2.91. The maximum atomic E-state index is 11.9. The van der Waals surface area contributed by atoms with Gasteiger partial charge in [-0.3, -0.25) is 0 Å². The van der Waals surface area contributed by atoms with Crippen LogP contribution in [0.3, 0.4) is 0 Å². The number of carbonyl (C=O) groups is 1. The Morgan fingerprint density at radius 1 is 1.55 bits per heavy atom. The fourth-order valence-corrected chi connectivity index (χ4v) is 2.34. The van der Waals surface area contributed by atoms with E-state index in [2.05, 4.69) is 9.97 Å². The first-order chi connectivity index (χ1) is 9.61. The molecule has 1 fully saturated rings. The molecule has 0 amide bonds. The molecule has 0 N–H and O–H groups in total. The Labute approximate surface area is 119 Å². The summed E-state index contributed by atoms with van der Waals surface area (Å²) in [7, 11) is 0. The summed E-state index contributed by atoms with van der Waals surface area (Å²) in [6, 6.07) is 0. The largest absolute Gasteiger partial charge is 0.462 e. The van der Waals surface area contributed by atoms with Crippen LogP contribution in [-0.4, -0.2) is 35.8 Å². The molecule has 1 aromatic rings. The summed E-state index contributed by atoms with van der Waals surface area (Å²) in [5.74, 6) is 1.10. The van der Waals surface area contributed by atoms with Gasteiger partial charge in [0.1, 0.15) is 5.82 Å². The molecule has 20 heavy (non-hydrogen) atoms. The van der Waals surface area contributed by atoms with Crippen molar-refractivity contribution in [3.63, 3.8) is 0 Å². The van der Waals surface area contributed by atoms with Gasteiger partial charge in [-0.25, -0.2) is 14.8 Å². The van der Waals surface area contributed by atoms with Crippen LogP contribution in [-0.2, 0) is 15.9 Å². The standard InChI is InChI=1S/C15H22N2O3/c1-4-20-15(18)12-8-16-13(17-14(12)10(2)3)7-11-5-6-19-9-11/h8,10-11H,4-7,9H2,1-3H3. The van der Waals surface area contributed by atoms with Crippen molar-refractivity contribution in [2.75, 3.05) is 19.8 Å². The van der Waals surface area contributed by atoms with Crippen molar-refractivity contribution >= 4 is 5.97 Å². The van der Waals surface area contributed by atoms with Gasteiger partial charge in [0, 0.05) is 25.8 Å². The first kappa shape index (κ1) is 14.9. The van der Waals surface area contributed by atoms with Crippen LogP contribution in [0.25, 0.3) is 0 Å². The predicted molar refractivity (Wildman–Crippen MR) is 74.7 cm³/mol. The van der Waals surface area contributed by atoms with Crippen molar-refractivity contribution in [3.05, 3.63) is 23.3 Å². The molecule has 1 unspecified atom stereocenters. The third-order valence-electron chi connectivity index (χ3n) is 3.41. The van der Waals surface area contributed by atoms with Crippen molar-refractivity contribution in [3.8, 4) is 0 Å². The second-order valence-electron chi connectivity index (χ2n) is 5.39. The second-order valence-corrected chi connectivity index (χ2v) is 5.39. The number of hydrogen-bond donors (Lipinski definition) is 0. The molecular formula is C15H22N2O3. The van der Waals surface area contributed by atoms with Gasteiger partial charge in [-0.2, -0.15) is 0 Å². The second kappa shape index (κ2) is 6.79. The van der Waals surface area contributed by atoms with E-state index in [0.29, 0.717) is 18.1 Å². The summed E-state index contributed by atoms with van der Waals surface area (Å²) in [5.41, 5.74) is 1.25. The molecular weight excluding hydrogens is 256 g/mol. The van der Waals surface area contributed by atoms with Gasteiger partial charge in [-0.05, 0) is 25.2 Å². The Hall–Kier alpha value is -1.49. The topological polar surface area (TPSA) is 61.3 Å². The van der Waals surface area contributed by atoms with Crippen LogP contribution >= 0.6 is 0 Å². The summed E-state index contributed by atoms with van der Waals surface area (Å²) < 4.78 is 10.4. The highest BCUT2D eigenvalue weighted by atomic mass is 16.5. The molecule has 0 aliphatic carbocycles. The van der Waals surface area contributed by atoms with Crippen LogP contribution in [0, 0.1) is 5.92 Å². The summed E-state index contributed by atoms with van der Waals surface area (Å²) in [5, 5.41) is 0. The van der Waals surface area contributed by atoms with Crippen LogP contribution in [0.2, 0.25) is 0 Å². The maximum absolute atomic E-state index is 11.9. The third-order valence-corrected chi connectivity index (χ3v) is 3.41. The number of aromatic nitrogens is 2. The highest BCUT2D eigenvalue weighted by molar-refractivity contribution is 5.90. The van der Waals surface area contributed by atoms with Gasteiger partial charge in [0.15, 0.2) is 0 Å². The molecule has 2 rings (SSSR count). The van der Waals surface area contributed by atoms with Crippen molar-refractivity contribution in [1.82, 2.24) is 9.97 Å². The number of nitrogens with zero attached hydrogens (tertiary/aromatic N) is 2. The highest BCUT2D eigenvalue weighted by Crippen LogP contribution is 2.21.